The molecule has 0 heterocycles. The molecule has 2 unspecified atom stereocenters. The largest absolute Gasteiger partial charge is 0.444 e. The molecular weight excluding hydrogens is 406 g/mol. The van der Waals surface area contributed by atoms with Crippen molar-refractivity contribution in [3.8, 4) is 0 Å². The zero-order chi connectivity index (χ0) is 24.6. The van der Waals surface area contributed by atoms with Crippen LogP contribution in [0.3, 0.4) is 0 Å². The third-order valence-corrected chi connectivity index (χ3v) is 4.70. The molecule has 1 rings (SSSR count). The van der Waals surface area contributed by atoms with Crippen molar-refractivity contribution >= 4 is 17.9 Å². The summed E-state index contributed by atoms with van der Waals surface area (Å²) in [5.41, 5.74) is 1.06. The molecule has 0 aromatic heterocycles. The smallest absolute Gasteiger partial charge is 0.408 e. The van der Waals surface area contributed by atoms with Crippen LogP contribution >= 0.6 is 0 Å². The van der Waals surface area contributed by atoms with E-state index in [1.807, 2.05) is 65.8 Å². The summed E-state index contributed by atoms with van der Waals surface area (Å²) >= 11 is 0. The molecule has 0 saturated heterocycles. The molecule has 32 heavy (non-hydrogen) atoms. The van der Waals surface area contributed by atoms with E-state index in [1.54, 1.807) is 25.7 Å². The van der Waals surface area contributed by atoms with Crippen LogP contribution in [0.25, 0.3) is 0 Å². The van der Waals surface area contributed by atoms with Gasteiger partial charge in [-0.15, -0.1) is 0 Å². The minimum Gasteiger partial charge on any atom is -0.444 e. The Labute approximate surface area is 193 Å². The number of hydrogen-bond donors (Lipinski definition) is 2. The Balaban J connectivity index is 3.38. The molecule has 0 aliphatic heterocycles. The molecule has 7 heteroatoms. The van der Waals surface area contributed by atoms with Crippen LogP contribution in [-0.4, -0.2) is 47.0 Å². The van der Waals surface area contributed by atoms with Crippen LogP contribution in [0.2, 0.25) is 0 Å². The molecule has 0 aliphatic carbocycles. The molecule has 0 fully saturated rings. The number of carbonyl (C=O) groups is 3. The maximum absolute atomic E-state index is 13.7. The van der Waals surface area contributed by atoms with Crippen molar-refractivity contribution in [1.29, 1.82) is 0 Å². The molecule has 2 N–H and O–H groups in total. The van der Waals surface area contributed by atoms with Crippen LogP contribution in [0.1, 0.15) is 79.0 Å². The van der Waals surface area contributed by atoms with Gasteiger partial charge in [0.2, 0.25) is 11.8 Å². The number of nitrogens with one attached hydrogen (secondary N) is 2. The molecule has 2 atom stereocenters. The van der Waals surface area contributed by atoms with Crippen LogP contribution in [-0.2, 0) is 14.3 Å². The molecule has 0 aliphatic rings. The van der Waals surface area contributed by atoms with Crippen LogP contribution < -0.4 is 10.6 Å². The zero-order valence-electron chi connectivity index (χ0n) is 21.1. The topological polar surface area (TPSA) is 87.7 Å². The molecule has 180 valence electrons. The normalized spacial score (nSPS) is 13.5. The second kappa shape index (κ2) is 11.9. The lowest BCUT2D eigenvalue weighted by molar-refractivity contribution is -0.143. The number of amides is 3. The number of rotatable bonds is 9. The van der Waals surface area contributed by atoms with Crippen LogP contribution in [0.4, 0.5) is 4.79 Å². The van der Waals surface area contributed by atoms with E-state index < -0.39 is 23.8 Å². The number of alkyl carbamates (subject to hydrolysis) is 1. The summed E-state index contributed by atoms with van der Waals surface area (Å²) in [5, 5.41) is 5.67. The van der Waals surface area contributed by atoms with Gasteiger partial charge in [-0.1, -0.05) is 50.6 Å². The fourth-order valence-electron chi connectivity index (χ4n) is 3.41. The van der Waals surface area contributed by atoms with Gasteiger partial charge in [-0.2, -0.15) is 0 Å². The molecule has 0 spiro atoms. The van der Waals surface area contributed by atoms with Gasteiger partial charge in [0, 0.05) is 12.6 Å². The monoisotopic (exact) mass is 447 g/mol. The Morgan fingerprint density at radius 3 is 2.16 bits per heavy atom. The van der Waals surface area contributed by atoms with Gasteiger partial charge >= 0.3 is 6.09 Å². The molecule has 1 aromatic carbocycles. The van der Waals surface area contributed by atoms with Crippen molar-refractivity contribution in [1.82, 2.24) is 15.5 Å². The van der Waals surface area contributed by atoms with Crippen molar-refractivity contribution < 1.29 is 19.1 Å². The third kappa shape index (κ3) is 8.52. The number of carbonyl (C=O) groups excluding carboxylic acids is 3. The number of nitrogens with zero attached hydrogens (tertiary/aromatic N) is 1. The van der Waals surface area contributed by atoms with E-state index in [-0.39, 0.29) is 23.8 Å². The highest BCUT2D eigenvalue weighted by Gasteiger charge is 2.37. The van der Waals surface area contributed by atoms with Gasteiger partial charge in [-0.05, 0) is 59.4 Å². The second-order valence-electron chi connectivity index (χ2n) is 9.88. The summed E-state index contributed by atoms with van der Waals surface area (Å²) in [5.74, 6) is -0.744. The molecular formula is C25H41N3O4. The Kier molecular flexibility index (Phi) is 10.2. The summed E-state index contributed by atoms with van der Waals surface area (Å²) in [6, 6.07) is 5.92. The molecule has 1 aromatic rings. The number of aryl methyl sites for hydroxylation is 1. The SMILES string of the molecule is CCCN(C(=O)C(NC(=O)OC(C)(C)C)C(C)C)C(C(=O)NC(C)C)c1cccc(C)c1. The number of ether oxygens (including phenoxy) is 1. The van der Waals surface area contributed by atoms with E-state index in [0.29, 0.717) is 13.0 Å². The summed E-state index contributed by atoms with van der Waals surface area (Å²) in [4.78, 5) is 41.0. The summed E-state index contributed by atoms with van der Waals surface area (Å²) in [7, 11) is 0. The highest BCUT2D eigenvalue weighted by Crippen LogP contribution is 2.25. The zero-order valence-corrected chi connectivity index (χ0v) is 21.1. The lowest BCUT2D eigenvalue weighted by Crippen LogP contribution is -2.55. The van der Waals surface area contributed by atoms with Gasteiger partial charge in [0.1, 0.15) is 17.7 Å². The lowest BCUT2D eigenvalue weighted by Gasteiger charge is -2.35. The third-order valence-electron chi connectivity index (χ3n) is 4.70. The van der Waals surface area contributed by atoms with Crippen LogP contribution in [0, 0.1) is 12.8 Å². The minimum absolute atomic E-state index is 0.0748. The quantitative estimate of drug-likeness (QED) is 0.589. The first-order chi connectivity index (χ1) is 14.8. The fourth-order valence-corrected chi connectivity index (χ4v) is 3.41. The van der Waals surface area contributed by atoms with E-state index in [0.717, 1.165) is 11.1 Å². The highest BCUT2D eigenvalue weighted by molar-refractivity contribution is 5.92. The first kappa shape index (κ1) is 27.5. The van der Waals surface area contributed by atoms with Gasteiger partial charge < -0.3 is 20.3 Å². The maximum Gasteiger partial charge on any atom is 0.408 e. The van der Waals surface area contributed by atoms with Crippen molar-refractivity contribution in [3.05, 3.63) is 35.4 Å². The standard InChI is InChI=1S/C25H41N3O4/c1-10-14-28(23(30)20(16(2)3)27-24(31)32-25(7,8)9)21(22(29)26-17(4)5)19-13-11-12-18(6)15-19/h11-13,15-17,20-21H,10,14H2,1-9H3,(H,26,29)(H,27,31). The van der Waals surface area contributed by atoms with Gasteiger partial charge in [-0.3, -0.25) is 9.59 Å². The Morgan fingerprint density at radius 2 is 1.69 bits per heavy atom. The Morgan fingerprint density at radius 1 is 1.06 bits per heavy atom. The summed E-state index contributed by atoms with van der Waals surface area (Å²) in [6.45, 7) is 17.1. The molecule has 0 bridgehead atoms. The summed E-state index contributed by atoms with van der Waals surface area (Å²) in [6.07, 6.45) is 0.0139. The van der Waals surface area contributed by atoms with Crippen molar-refractivity contribution in [3.63, 3.8) is 0 Å². The van der Waals surface area contributed by atoms with Crippen LogP contribution in [0.5, 0.6) is 0 Å². The predicted octanol–water partition coefficient (Wildman–Crippen LogP) is 4.35. The average Bonchev–Trinajstić information content (AvgIpc) is 2.63. The van der Waals surface area contributed by atoms with Crippen LogP contribution in [0.15, 0.2) is 24.3 Å². The Hall–Kier alpha value is -2.57. The Bertz CT molecular complexity index is 784. The average molecular weight is 448 g/mol. The first-order valence-electron chi connectivity index (χ1n) is 11.4. The fraction of sp³-hybridized carbons (Fsp3) is 0.640. The predicted molar refractivity (Wildman–Crippen MR) is 127 cm³/mol. The van der Waals surface area contributed by atoms with Gasteiger partial charge in [-0.25, -0.2) is 4.79 Å². The molecule has 0 radical (unpaired) electrons. The van der Waals surface area contributed by atoms with E-state index in [1.165, 1.54) is 0 Å². The molecule has 0 saturated carbocycles. The van der Waals surface area contributed by atoms with E-state index in [2.05, 4.69) is 10.6 Å². The van der Waals surface area contributed by atoms with Gasteiger partial charge in [0.25, 0.3) is 0 Å². The number of benzene rings is 1. The highest BCUT2D eigenvalue weighted by atomic mass is 16.6. The maximum atomic E-state index is 13.7. The van der Waals surface area contributed by atoms with E-state index in [4.69, 9.17) is 4.74 Å². The van der Waals surface area contributed by atoms with Crippen molar-refractivity contribution in [2.75, 3.05) is 6.54 Å². The minimum atomic E-state index is -0.824. The lowest BCUT2D eigenvalue weighted by atomic mass is 9.97. The van der Waals surface area contributed by atoms with Crippen molar-refractivity contribution in [2.45, 2.75) is 92.5 Å². The number of hydrogen-bond acceptors (Lipinski definition) is 4. The molecule has 7 nitrogen and oxygen atoms in total. The summed E-state index contributed by atoms with van der Waals surface area (Å²) < 4.78 is 5.37. The molecule has 3 amide bonds. The van der Waals surface area contributed by atoms with Gasteiger partial charge in [0.05, 0.1) is 0 Å². The second-order valence-corrected chi connectivity index (χ2v) is 9.88. The van der Waals surface area contributed by atoms with Gasteiger partial charge in [0.15, 0.2) is 0 Å². The first-order valence-corrected chi connectivity index (χ1v) is 11.4. The van der Waals surface area contributed by atoms with E-state index >= 15 is 0 Å². The van der Waals surface area contributed by atoms with Crippen molar-refractivity contribution in [2.24, 2.45) is 5.92 Å². The van der Waals surface area contributed by atoms with E-state index in [9.17, 15) is 14.4 Å².